The zero-order chi connectivity index (χ0) is 14.4. The van der Waals surface area contributed by atoms with Gasteiger partial charge in [0.05, 0.1) is 5.69 Å². The number of oxime groups is 1. The molecule has 0 amide bonds. The first kappa shape index (κ1) is 15.7. The van der Waals surface area contributed by atoms with Crippen LogP contribution in [-0.4, -0.2) is 36.1 Å². The molecule has 1 aromatic carbocycles. The number of hydrogen-bond acceptors (Lipinski definition) is 4. The molecule has 5 heteroatoms. The number of rotatable bonds is 6. The van der Waals surface area contributed by atoms with Gasteiger partial charge in [0.15, 0.2) is 5.84 Å². The summed E-state index contributed by atoms with van der Waals surface area (Å²) in [5.74, 6) is 1.28. The van der Waals surface area contributed by atoms with E-state index >= 15 is 0 Å². The third-order valence-electron chi connectivity index (χ3n) is 3.38. The van der Waals surface area contributed by atoms with Crippen molar-refractivity contribution in [3.63, 3.8) is 0 Å². The average Bonchev–Trinajstić information content (AvgIpc) is 2.42. The summed E-state index contributed by atoms with van der Waals surface area (Å²) < 4.78 is 0. The molecule has 4 nitrogen and oxygen atoms in total. The first-order valence-corrected chi connectivity index (χ1v) is 7.71. The van der Waals surface area contributed by atoms with Gasteiger partial charge >= 0.3 is 0 Å². The summed E-state index contributed by atoms with van der Waals surface area (Å²) in [4.78, 5) is 2.21. The molecule has 106 valence electrons. The lowest BCUT2D eigenvalue weighted by atomic mass is 10.0. The first-order valence-electron chi connectivity index (χ1n) is 6.32. The van der Waals surface area contributed by atoms with E-state index < -0.39 is 0 Å². The van der Waals surface area contributed by atoms with Crippen LogP contribution in [0.4, 0.5) is 5.69 Å². The fourth-order valence-corrected chi connectivity index (χ4v) is 2.67. The number of benzene rings is 1. The van der Waals surface area contributed by atoms with Crippen LogP contribution in [0.2, 0.25) is 0 Å². The Morgan fingerprint density at radius 1 is 1.53 bits per heavy atom. The molecular weight excluding hydrogens is 258 g/mol. The monoisotopic (exact) mass is 281 g/mol. The fraction of sp³-hybridized carbons (Fsp3) is 0.500. The summed E-state index contributed by atoms with van der Waals surface area (Å²) in [6.45, 7) is 4.24. The molecule has 0 fully saturated rings. The lowest BCUT2D eigenvalue weighted by molar-refractivity contribution is 0.318. The Balaban J connectivity index is 3.10. The maximum Gasteiger partial charge on any atom is 0.172 e. The molecule has 0 aliphatic carbocycles. The molecule has 0 spiro atoms. The molecule has 0 aliphatic rings. The van der Waals surface area contributed by atoms with Gasteiger partial charge in [0.1, 0.15) is 0 Å². The standard InChI is InChI=1S/C14H23N3OS/c1-10-6-5-7-12(14(15)16-18)13(10)17(3)11(2)8-9-19-4/h5-7,11,18H,8-9H2,1-4H3,(H2,15,16). The van der Waals surface area contributed by atoms with E-state index in [1.165, 1.54) is 0 Å². The predicted octanol–water partition coefficient (Wildman–Crippen LogP) is 2.67. The van der Waals surface area contributed by atoms with Crippen molar-refractivity contribution in [3.8, 4) is 0 Å². The molecule has 0 saturated carbocycles. The Morgan fingerprint density at radius 3 is 2.79 bits per heavy atom. The van der Waals surface area contributed by atoms with Crippen molar-refractivity contribution in [2.45, 2.75) is 26.3 Å². The van der Waals surface area contributed by atoms with Crippen molar-refractivity contribution < 1.29 is 5.21 Å². The Kier molecular flexibility index (Phi) is 6.02. The molecule has 0 aliphatic heterocycles. The molecule has 3 N–H and O–H groups in total. The van der Waals surface area contributed by atoms with Crippen molar-refractivity contribution in [1.29, 1.82) is 0 Å². The molecule has 0 aromatic heterocycles. The van der Waals surface area contributed by atoms with E-state index in [2.05, 4.69) is 30.3 Å². The van der Waals surface area contributed by atoms with Gasteiger partial charge in [0.25, 0.3) is 0 Å². The highest BCUT2D eigenvalue weighted by Crippen LogP contribution is 2.26. The van der Waals surface area contributed by atoms with Crippen molar-refractivity contribution in [3.05, 3.63) is 29.3 Å². The maximum atomic E-state index is 8.91. The maximum absolute atomic E-state index is 8.91. The minimum absolute atomic E-state index is 0.155. The quantitative estimate of drug-likeness (QED) is 0.364. The fourth-order valence-electron chi connectivity index (χ4n) is 2.09. The summed E-state index contributed by atoms with van der Waals surface area (Å²) in [7, 11) is 2.06. The molecule has 19 heavy (non-hydrogen) atoms. The van der Waals surface area contributed by atoms with Gasteiger partial charge < -0.3 is 15.8 Å². The predicted molar refractivity (Wildman–Crippen MR) is 84.6 cm³/mol. The molecule has 0 heterocycles. The van der Waals surface area contributed by atoms with Crippen LogP contribution in [0.15, 0.2) is 23.4 Å². The third-order valence-corrected chi connectivity index (χ3v) is 4.02. The van der Waals surface area contributed by atoms with Crippen molar-refractivity contribution in [2.24, 2.45) is 10.9 Å². The van der Waals surface area contributed by atoms with Crippen LogP contribution >= 0.6 is 11.8 Å². The second-order valence-electron chi connectivity index (χ2n) is 4.70. The van der Waals surface area contributed by atoms with E-state index in [1.54, 1.807) is 0 Å². The highest BCUT2D eigenvalue weighted by molar-refractivity contribution is 7.98. The van der Waals surface area contributed by atoms with E-state index in [9.17, 15) is 0 Å². The molecule has 1 atom stereocenters. The molecule has 1 rings (SSSR count). The van der Waals surface area contributed by atoms with Gasteiger partial charge in [0.2, 0.25) is 0 Å². The topological polar surface area (TPSA) is 61.8 Å². The minimum Gasteiger partial charge on any atom is -0.409 e. The largest absolute Gasteiger partial charge is 0.409 e. The van der Waals surface area contributed by atoms with Gasteiger partial charge in [-0.15, -0.1) is 0 Å². The van der Waals surface area contributed by atoms with Crippen LogP contribution in [0.3, 0.4) is 0 Å². The van der Waals surface area contributed by atoms with Gasteiger partial charge in [-0.2, -0.15) is 11.8 Å². The van der Waals surface area contributed by atoms with E-state index in [4.69, 9.17) is 10.9 Å². The van der Waals surface area contributed by atoms with Crippen LogP contribution in [-0.2, 0) is 0 Å². The van der Waals surface area contributed by atoms with Gasteiger partial charge in [-0.05, 0) is 43.9 Å². The van der Waals surface area contributed by atoms with E-state index in [0.29, 0.717) is 6.04 Å². The van der Waals surface area contributed by atoms with Crippen molar-refractivity contribution in [1.82, 2.24) is 0 Å². The summed E-state index contributed by atoms with van der Waals surface area (Å²) in [5, 5.41) is 12.0. The second kappa shape index (κ2) is 7.28. The highest BCUT2D eigenvalue weighted by Gasteiger charge is 2.17. The molecule has 0 saturated heterocycles. The number of aryl methyl sites for hydroxylation is 1. The lowest BCUT2D eigenvalue weighted by Crippen LogP contribution is -2.32. The van der Waals surface area contributed by atoms with Gasteiger partial charge in [-0.3, -0.25) is 0 Å². The highest BCUT2D eigenvalue weighted by atomic mass is 32.2. The normalized spacial score (nSPS) is 13.4. The van der Waals surface area contributed by atoms with E-state index in [-0.39, 0.29) is 5.84 Å². The Labute approximate surface area is 119 Å². The Bertz CT molecular complexity index is 448. The molecule has 0 radical (unpaired) electrons. The number of nitrogens with two attached hydrogens (primary N) is 1. The average molecular weight is 281 g/mol. The van der Waals surface area contributed by atoms with Crippen LogP contribution in [0.1, 0.15) is 24.5 Å². The SMILES string of the molecule is CSCCC(C)N(C)c1c(C)cccc1/C(N)=N/O. The molecule has 0 bridgehead atoms. The zero-order valence-corrected chi connectivity index (χ0v) is 12.9. The van der Waals surface area contributed by atoms with Crippen LogP contribution < -0.4 is 10.6 Å². The molecular formula is C14H23N3OS. The number of amidine groups is 1. The van der Waals surface area contributed by atoms with Crippen molar-refractivity contribution >= 4 is 23.3 Å². The number of para-hydroxylation sites is 1. The number of thioether (sulfide) groups is 1. The Morgan fingerprint density at radius 2 is 2.21 bits per heavy atom. The number of hydrogen-bond donors (Lipinski definition) is 2. The molecule has 1 unspecified atom stereocenters. The van der Waals surface area contributed by atoms with Crippen molar-refractivity contribution in [2.75, 3.05) is 24.0 Å². The lowest BCUT2D eigenvalue weighted by Gasteiger charge is -2.30. The summed E-state index contributed by atoms with van der Waals surface area (Å²) in [6.07, 6.45) is 3.21. The summed E-state index contributed by atoms with van der Waals surface area (Å²) in [6, 6.07) is 6.25. The number of nitrogens with zero attached hydrogens (tertiary/aromatic N) is 2. The van der Waals surface area contributed by atoms with Gasteiger partial charge in [-0.1, -0.05) is 17.3 Å². The van der Waals surface area contributed by atoms with Gasteiger partial charge in [-0.25, -0.2) is 0 Å². The number of anilines is 1. The van der Waals surface area contributed by atoms with E-state index in [1.807, 2.05) is 36.9 Å². The Hall–Kier alpha value is -1.36. The second-order valence-corrected chi connectivity index (χ2v) is 5.68. The van der Waals surface area contributed by atoms with Gasteiger partial charge in [0, 0.05) is 18.7 Å². The van der Waals surface area contributed by atoms with Crippen LogP contribution in [0.25, 0.3) is 0 Å². The smallest absolute Gasteiger partial charge is 0.172 e. The summed E-state index contributed by atoms with van der Waals surface area (Å²) >= 11 is 1.85. The zero-order valence-electron chi connectivity index (χ0n) is 12.1. The third kappa shape index (κ3) is 3.80. The van der Waals surface area contributed by atoms with Crippen LogP contribution in [0, 0.1) is 6.92 Å². The summed E-state index contributed by atoms with van der Waals surface area (Å²) in [5.41, 5.74) is 8.71. The molecule has 1 aromatic rings. The van der Waals surface area contributed by atoms with E-state index in [0.717, 1.165) is 29.0 Å². The minimum atomic E-state index is 0.155. The first-order chi connectivity index (χ1) is 9.02. The van der Waals surface area contributed by atoms with Crippen LogP contribution in [0.5, 0.6) is 0 Å².